The molecular weight excluding hydrogens is 330 g/mol. The van der Waals surface area contributed by atoms with Crippen LogP contribution in [0, 0.1) is 0 Å². The second kappa shape index (κ2) is 5.98. The molecule has 0 spiro atoms. The summed E-state index contributed by atoms with van der Waals surface area (Å²) in [7, 11) is 0. The van der Waals surface area contributed by atoms with Crippen LogP contribution in [0.25, 0.3) is 0 Å². The highest BCUT2D eigenvalue weighted by Gasteiger charge is 2.60. The zero-order valence-corrected chi connectivity index (χ0v) is 14.4. The largest absolute Gasteiger partial charge is 0.322 e. The fourth-order valence-corrected chi connectivity index (χ4v) is 3.96. The summed E-state index contributed by atoms with van der Waals surface area (Å²) < 4.78 is 0. The first kappa shape index (κ1) is 16.3. The Morgan fingerprint density at radius 3 is 2.50 bits per heavy atom. The van der Waals surface area contributed by atoms with Gasteiger partial charge in [-0.2, -0.15) is 0 Å². The Hall–Kier alpha value is -3.15. The minimum Gasteiger partial charge on any atom is -0.322 e. The molecule has 132 valence electrons. The molecule has 4 rings (SSSR count). The van der Waals surface area contributed by atoms with Crippen molar-refractivity contribution in [2.24, 2.45) is 0 Å². The lowest BCUT2D eigenvalue weighted by atomic mass is 9.95. The zero-order valence-electron chi connectivity index (χ0n) is 14.4. The summed E-state index contributed by atoms with van der Waals surface area (Å²) in [6, 6.07) is 16.0. The maximum Gasteiger partial charge on any atom is 0.271 e. The number of carbonyl (C=O) groups is 3. The maximum atomic E-state index is 13.3. The minimum absolute atomic E-state index is 0.147. The fraction of sp³-hybridized carbons (Fsp3) is 0.250. The number of para-hydroxylation sites is 2. The maximum absolute atomic E-state index is 13.3. The first-order chi connectivity index (χ1) is 12.6. The van der Waals surface area contributed by atoms with Crippen LogP contribution in [0.1, 0.15) is 30.1 Å². The van der Waals surface area contributed by atoms with Crippen LogP contribution in [-0.4, -0.2) is 34.8 Å². The van der Waals surface area contributed by atoms with E-state index in [1.165, 1.54) is 9.80 Å². The Labute approximate surface area is 151 Å². The van der Waals surface area contributed by atoms with Crippen LogP contribution in [0.5, 0.6) is 0 Å². The van der Waals surface area contributed by atoms with E-state index in [0.717, 1.165) is 0 Å². The molecule has 3 amide bonds. The summed E-state index contributed by atoms with van der Waals surface area (Å²) in [6.07, 6.45) is 0.499. The van der Waals surface area contributed by atoms with Gasteiger partial charge in [0.1, 0.15) is 0 Å². The van der Waals surface area contributed by atoms with Gasteiger partial charge in [-0.05, 0) is 31.2 Å². The summed E-state index contributed by atoms with van der Waals surface area (Å²) >= 11 is 0. The number of benzene rings is 2. The van der Waals surface area contributed by atoms with E-state index >= 15 is 0 Å². The van der Waals surface area contributed by atoms with Crippen LogP contribution in [0.15, 0.2) is 54.6 Å². The van der Waals surface area contributed by atoms with Crippen LogP contribution in [0.2, 0.25) is 0 Å². The first-order valence-corrected chi connectivity index (χ1v) is 8.70. The molecule has 0 radical (unpaired) electrons. The van der Waals surface area contributed by atoms with Crippen molar-refractivity contribution in [3.8, 4) is 0 Å². The molecule has 0 bridgehead atoms. The van der Waals surface area contributed by atoms with Crippen molar-refractivity contribution >= 4 is 29.1 Å². The number of carbonyl (C=O) groups excluding carboxylic acids is 3. The highest BCUT2D eigenvalue weighted by atomic mass is 16.2. The Bertz CT molecular complexity index is 896. The third kappa shape index (κ3) is 2.15. The number of nitrogens with one attached hydrogen (secondary N) is 1. The van der Waals surface area contributed by atoms with E-state index < -0.39 is 5.66 Å². The van der Waals surface area contributed by atoms with Crippen molar-refractivity contribution < 1.29 is 14.4 Å². The quantitative estimate of drug-likeness (QED) is 0.926. The average molecular weight is 349 g/mol. The smallest absolute Gasteiger partial charge is 0.271 e. The number of amides is 3. The van der Waals surface area contributed by atoms with Crippen molar-refractivity contribution in [1.82, 2.24) is 4.90 Å². The summed E-state index contributed by atoms with van der Waals surface area (Å²) in [5, 5.41) is 2.88. The lowest BCUT2D eigenvalue weighted by Gasteiger charge is -2.48. The van der Waals surface area contributed by atoms with Crippen molar-refractivity contribution in [2.45, 2.75) is 25.4 Å². The van der Waals surface area contributed by atoms with Gasteiger partial charge in [0.2, 0.25) is 11.6 Å². The van der Waals surface area contributed by atoms with Crippen LogP contribution in [0.4, 0.5) is 11.4 Å². The van der Waals surface area contributed by atoms with Crippen molar-refractivity contribution in [2.75, 3.05) is 16.8 Å². The Morgan fingerprint density at radius 1 is 1.08 bits per heavy atom. The molecule has 2 aliphatic rings. The number of hydrogen-bond acceptors (Lipinski definition) is 3. The number of anilines is 2. The van der Waals surface area contributed by atoms with Gasteiger partial charge in [0, 0.05) is 25.1 Å². The second-order valence-corrected chi connectivity index (χ2v) is 6.43. The molecule has 1 atom stereocenters. The molecule has 1 saturated heterocycles. The second-order valence-electron chi connectivity index (χ2n) is 6.43. The van der Waals surface area contributed by atoms with Gasteiger partial charge >= 0.3 is 0 Å². The molecule has 2 aliphatic heterocycles. The molecule has 26 heavy (non-hydrogen) atoms. The van der Waals surface area contributed by atoms with Crippen molar-refractivity contribution in [3.63, 3.8) is 0 Å². The molecule has 6 nitrogen and oxygen atoms in total. The van der Waals surface area contributed by atoms with Crippen LogP contribution < -0.4 is 10.2 Å². The number of likely N-dealkylation sites (N-methyl/N-ethyl adjacent to an activating group) is 1. The molecule has 1 N–H and O–H groups in total. The van der Waals surface area contributed by atoms with Gasteiger partial charge < -0.3 is 10.2 Å². The normalized spacial score (nSPS) is 21.4. The average Bonchev–Trinajstić information content (AvgIpc) is 3.01. The van der Waals surface area contributed by atoms with E-state index in [-0.39, 0.29) is 30.6 Å². The summed E-state index contributed by atoms with van der Waals surface area (Å²) in [6.45, 7) is 2.16. The predicted molar refractivity (Wildman–Crippen MR) is 97.7 cm³/mol. The molecule has 0 aliphatic carbocycles. The van der Waals surface area contributed by atoms with Crippen LogP contribution in [-0.2, 0) is 9.59 Å². The molecular formula is C20H19N3O3. The monoisotopic (exact) mass is 349 g/mol. The van der Waals surface area contributed by atoms with E-state index in [1.54, 1.807) is 36.4 Å². The van der Waals surface area contributed by atoms with Gasteiger partial charge in [0.15, 0.2) is 0 Å². The van der Waals surface area contributed by atoms with E-state index in [2.05, 4.69) is 5.32 Å². The van der Waals surface area contributed by atoms with E-state index in [9.17, 15) is 14.4 Å². The SMILES string of the molecule is CCN1C(=O)c2ccccc2N2C(=O)CCC12C(=O)Nc1ccccc1. The summed E-state index contributed by atoms with van der Waals surface area (Å²) in [4.78, 5) is 42.1. The Kier molecular flexibility index (Phi) is 3.76. The van der Waals surface area contributed by atoms with Gasteiger partial charge in [-0.3, -0.25) is 19.3 Å². The molecule has 0 aromatic heterocycles. The Morgan fingerprint density at radius 2 is 1.77 bits per heavy atom. The summed E-state index contributed by atoms with van der Waals surface area (Å²) in [5.74, 6) is -0.733. The van der Waals surface area contributed by atoms with Gasteiger partial charge in [-0.15, -0.1) is 0 Å². The molecule has 2 aromatic carbocycles. The molecule has 2 heterocycles. The lowest BCUT2D eigenvalue weighted by Crippen LogP contribution is -2.69. The molecule has 6 heteroatoms. The molecule has 1 unspecified atom stereocenters. The molecule has 1 fully saturated rings. The minimum atomic E-state index is -1.33. The van der Waals surface area contributed by atoms with Crippen molar-refractivity contribution in [1.29, 1.82) is 0 Å². The topological polar surface area (TPSA) is 69.7 Å². The molecule has 0 saturated carbocycles. The number of hydrogen-bond donors (Lipinski definition) is 1. The van der Waals surface area contributed by atoms with Crippen LogP contribution >= 0.6 is 0 Å². The zero-order chi connectivity index (χ0) is 18.3. The van der Waals surface area contributed by atoms with Gasteiger partial charge in [-0.25, -0.2) is 0 Å². The van der Waals surface area contributed by atoms with Crippen molar-refractivity contribution in [3.05, 3.63) is 60.2 Å². The van der Waals surface area contributed by atoms with E-state index in [4.69, 9.17) is 0 Å². The highest BCUT2D eigenvalue weighted by molar-refractivity contribution is 6.18. The number of nitrogens with zero attached hydrogens (tertiary/aromatic N) is 2. The number of fused-ring (bicyclic) bond motifs is 3. The van der Waals surface area contributed by atoms with Crippen LogP contribution in [0.3, 0.4) is 0 Å². The van der Waals surface area contributed by atoms with E-state index in [0.29, 0.717) is 23.5 Å². The Balaban J connectivity index is 1.85. The third-order valence-corrected chi connectivity index (χ3v) is 5.09. The molecule has 2 aromatic rings. The van der Waals surface area contributed by atoms with E-state index in [1.807, 2.05) is 25.1 Å². The predicted octanol–water partition coefficient (Wildman–Crippen LogP) is 2.62. The van der Waals surface area contributed by atoms with Gasteiger partial charge in [0.05, 0.1) is 11.3 Å². The third-order valence-electron chi connectivity index (χ3n) is 5.09. The highest BCUT2D eigenvalue weighted by Crippen LogP contribution is 2.44. The number of rotatable bonds is 3. The first-order valence-electron chi connectivity index (χ1n) is 8.70. The van der Waals surface area contributed by atoms with Gasteiger partial charge in [-0.1, -0.05) is 30.3 Å². The summed E-state index contributed by atoms with van der Waals surface area (Å²) in [5.41, 5.74) is 0.266. The fourth-order valence-electron chi connectivity index (χ4n) is 3.96. The van der Waals surface area contributed by atoms with Gasteiger partial charge in [0.25, 0.3) is 11.8 Å². The standard InChI is InChI=1S/C20H19N3O3/c1-2-22-18(25)15-10-6-7-11-16(15)23-17(24)12-13-20(22,23)19(26)21-14-8-4-3-5-9-14/h3-11H,2,12-13H2,1H3,(H,21,26). The lowest BCUT2D eigenvalue weighted by molar-refractivity contribution is -0.128.